The summed E-state index contributed by atoms with van der Waals surface area (Å²) in [6.07, 6.45) is 0. The van der Waals surface area contributed by atoms with E-state index >= 15 is 0 Å². The maximum atomic E-state index is 10.6. The second-order valence-electron chi connectivity index (χ2n) is 3.38. The Morgan fingerprint density at radius 3 is 2.05 bits per heavy atom. The molecule has 0 aliphatic carbocycles. The third-order valence-electron chi connectivity index (χ3n) is 2.06. The van der Waals surface area contributed by atoms with Crippen molar-refractivity contribution in [3.05, 3.63) is 49.5 Å². The van der Waals surface area contributed by atoms with Crippen molar-refractivity contribution in [1.29, 1.82) is 0 Å². The molecule has 2 rings (SSSR count). The van der Waals surface area contributed by atoms with Gasteiger partial charge in [0.05, 0.1) is 10.7 Å². The SMILES string of the molecule is O=[N+]([O-])c1nc(Nc2ccccc2Cl)nc([N+](=O)[O-])n1. The van der Waals surface area contributed by atoms with Gasteiger partial charge in [-0.3, -0.25) is 5.32 Å². The van der Waals surface area contributed by atoms with E-state index in [1.54, 1.807) is 24.3 Å². The Balaban J connectivity index is 2.43. The molecule has 1 aromatic carbocycles. The number of hydrogen-bond donors (Lipinski definition) is 1. The molecule has 0 aliphatic rings. The highest BCUT2D eigenvalue weighted by Crippen LogP contribution is 2.24. The third-order valence-corrected chi connectivity index (χ3v) is 2.39. The molecule has 0 saturated heterocycles. The molecule has 2 aromatic rings. The van der Waals surface area contributed by atoms with Gasteiger partial charge in [-0.25, -0.2) is 0 Å². The number of halogens is 1. The predicted octanol–water partition coefficient (Wildman–Crippen LogP) is 2.08. The minimum atomic E-state index is -0.952. The molecule has 0 saturated carbocycles. The molecular weight excluding hydrogens is 292 g/mol. The van der Waals surface area contributed by atoms with E-state index in [1.165, 1.54) is 0 Å². The number of rotatable bonds is 4. The summed E-state index contributed by atoms with van der Waals surface area (Å²) in [5, 5.41) is 24.1. The monoisotopic (exact) mass is 296 g/mol. The molecule has 0 aliphatic heterocycles. The second kappa shape index (κ2) is 5.40. The number of hydrogen-bond acceptors (Lipinski definition) is 8. The number of anilines is 2. The highest BCUT2D eigenvalue weighted by atomic mass is 35.5. The van der Waals surface area contributed by atoms with Crippen molar-refractivity contribution in [1.82, 2.24) is 15.0 Å². The molecule has 0 spiro atoms. The van der Waals surface area contributed by atoms with Crippen LogP contribution in [-0.2, 0) is 0 Å². The Kier molecular flexibility index (Phi) is 3.66. The van der Waals surface area contributed by atoms with Crippen molar-refractivity contribution < 1.29 is 9.85 Å². The summed E-state index contributed by atoms with van der Waals surface area (Å²) >= 11 is 5.88. The molecule has 0 bridgehead atoms. The quantitative estimate of drug-likeness (QED) is 0.668. The van der Waals surface area contributed by atoms with Gasteiger partial charge in [-0.05, 0) is 31.9 Å². The van der Waals surface area contributed by atoms with Crippen molar-refractivity contribution in [3.8, 4) is 0 Å². The summed E-state index contributed by atoms with van der Waals surface area (Å²) in [7, 11) is 0. The van der Waals surface area contributed by atoms with Crippen LogP contribution in [0.5, 0.6) is 0 Å². The molecule has 20 heavy (non-hydrogen) atoms. The first-order valence-corrected chi connectivity index (χ1v) is 5.41. The van der Waals surface area contributed by atoms with Crippen LogP contribution in [0.1, 0.15) is 0 Å². The number of para-hydroxylation sites is 1. The van der Waals surface area contributed by atoms with E-state index in [9.17, 15) is 20.2 Å². The first-order chi connectivity index (χ1) is 9.47. The van der Waals surface area contributed by atoms with Crippen LogP contribution in [0.3, 0.4) is 0 Å². The molecule has 11 heteroatoms. The molecule has 0 unspecified atom stereocenters. The summed E-state index contributed by atoms with van der Waals surface area (Å²) in [6.45, 7) is 0. The minimum Gasteiger partial charge on any atom is -0.390 e. The fourth-order valence-corrected chi connectivity index (χ4v) is 1.44. The standard InChI is InChI=1S/C9H5ClN6O4/c10-5-3-1-2-4-6(5)11-7-12-8(15(17)18)14-9(13-7)16(19)20/h1-4H,(H,11,12,13,14). The molecule has 0 radical (unpaired) electrons. The van der Waals surface area contributed by atoms with E-state index < -0.39 is 21.7 Å². The zero-order chi connectivity index (χ0) is 14.7. The number of nitrogens with zero attached hydrogens (tertiary/aromatic N) is 5. The van der Waals surface area contributed by atoms with Gasteiger partial charge in [0.1, 0.15) is 0 Å². The van der Waals surface area contributed by atoms with Gasteiger partial charge in [-0.1, -0.05) is 23.7 Å². The third kappa shape index (κ3) is 2.92. The normalized spacial score (nSPS) is 10.1. The van der Waals surface area contributed by atoms with Crippen molar-refractivity contribution in [2.75, 3.05) is 5.32 Å². The number of nitro groups is 2. The highest BCUT2D eigenvalue weighted by Gasteiger charge is 2.24. The Labute approximate surface area is 115 Å². The molecule has 0 atom stereocenters. The maximum absolute atomic E-state index is 10.6. The van der Waals surface area contributed by atoms with Gasteiger partial charge in [-0.15, -0.1) is 0 Å². The first kappa shape index (κ1) is 13.5. The average Bonchev–Trinajstić information content (AvgIpc) is 2.41. The summed E-state index contributed by atoms with van der Waals surface area (Å²) in [4.78, 5) is 29.4. The van der Waals surface area contributed by atoms with Gasteiger partial charge in [0.15, 0.2) is 0 Å². The molecule has 0 fully saturated rings. The Morgan fingerprint density at radius 2 is 1.55 bits per heavy atom. The Morgan fingerprint density at radius 1 is 1.00 bits per heavy atom. The number of aromatic nitrogens is 3. The molecular formula is C9H5ClN6O4. The van der Waals surface area contributed by atoms with Gasteiger partial charge in [0.25, 0.3) is 0 Å². The summed E-state index contributed by atoms with van der Waals surface area (Å²) in [5.74, 6) is -2.20. The van der Waals surface area contributed by atoms with Crippen molar-refractivity contribution in [2.45, 2.75) is 0 Å². The van der Waals surface area contributed by atoms with Gasteiger partial charge in [-0.2, -0.15) is 0 Å². The molecule has 102 valence electrons. The van der Waals surface area contributed by atoms with E-state index in [1.807, 2.05) is 0 Å². The van der Waals surface area contributed by atoms with Crippen LogP contribution in [0.15, 0.2) is 24.3 Å². The largest absolute Gasteiger partial charge is 0.479 e. The fraction of sp³-hybridized carbons (Fsp3) is 0. The zero-order valence-electron chi connectivity index (χ0n) is 9.56. The first-order valence-electron chi connectivity index (χ1n) is 5.04. The molecule has 1 heterocycles. The van der Waals surface area contributed by atoms with Crippen molar-refractivity contribution in [3.63, 3.8) is 0 Å². The predicted molar refractivity (Wildman–Crippen MR) is 67.9 cm³/mol. The molecule has 0 amide bonds. The van der Waals surface area contributed by atoms with E-state index in [2.05, 4.69) is 20.3 Å². The van der Waals surface area contributed by atoms with Crippen molar-refractivity contribution >= 4 is 35.1 Å². The maximum Gasteiger partial charge on any atom is 0.479 e. The van der Waals surface area contributed by atoms with Gasteiger partial charge >= 0.3 is 17.8 Å². The fourth-order valence-electron chi connectivity index (χ4n) is 1.26. The van der Waals surface area contributed by atoms with Crippen LogP contribution >= 0.6 is 11.6 Å². The summed E-state index contributed by atoms with van der Waals surface area (Å²) in [5.41, 5.74) is 0.351. The van der Waals surface area contributed by atoms with Crippen LogP contribution < -0.4 is 5.32 Å². The topological polar surface area (TPSA) is 137 Å². The van der Waals surface area contributed by atoms with E-state index in [0.717, 1.165) is 0 Å². The number of benzene rings is 1. The van der Waals surface area contributed by atoms with Crippen molar-refractivity contribution in [2.24, 2.45) is 0 Å². The van der Waals surface area contributed by atoms with Crippen LogP contribution in [-0.4, -0.2) is 24.8 Å². The Hall–Kier alpha value is -2.88. The lowest BCUT2D eigenvalue weighted by atomic mass is 10.3. The van der Waals surface area contributed by atoms with Crippen LogP contribution in [0.2, 0.25) is 5.02 Å². The highest BCUT2D eigenvalue weighted by molar-refractivity contribution is 6.33. The van der Waals surface area contributed by atoms with Crippen LogP contribution in [0.25, 0.3) is 0 Å². The van der Waals surface area contributed by atoms with E-state index in [0.29, 0.717) is 10.7 Å². The molecule has 1 N–H and O–H groups in total. The van der Waals surface area contributed by atoms with Gasteiger partial charge in [0, 0.05) is 4.98 Å². The summed E-state index contributed by atoms with van der Waals surface area (Å²) in [6, 6.07) is 6.45. The van der Waals surface area contributed by atoms with E-state index in [-0.39, 0.29) is 5.95 Å². The van der Waals surface area contributed by atoms with Gasteiger partial charge in [0.2, 0.25) is 0 Å². The lowest BCUT2D eigenvalue weighted by molar-refractivity contribution is -0.408. The summed E-state index contributed by atoms with van der Waals surface area (Å²) < 4.78 is 0. The second-order valence-corrected chi connectivity index (χ2v) is 3.79. The lowest BCUT2D eigenvalue weighted by Gasteiger charge is -2.02. The molecule has 1 aromatic heterocycles. The smallest absolute Gasteiger partial charge is 0.390 e. The molecule has 10 nitrogen and oxygen atoms in total. The lowest BCUT2D eigenvalue weighted by Crippen LogP contribution is -2.07. The van der Waals surface area contributed by atoms with Gasteiger partial charge < -0.3 is 20.2 Å². The van der Waals surface area contributed by atoms with E-state index in [4.69, 9.17) is 11.6 Å². The van der Waals surface area contributed by atoms with Crippen LogP contribution in [0.4, 0.5) is 23.5 Å². The number of nitrogens with one attached hydrogen (secondary N) is 1. The minimum absolute atomic E-state index is 0.304. The zero-order valence-corrected chi connectivity index (χ0v) is 10.3. The van der Waals surface area contributed by atoms with Crippen LogP contribution in [0, 0.1) is 20.2 Å². The Bertz CT molecular complexity index is 662. The average molecular weight is 297 g/mol.